The first kappa shape index (κ1) is 19.0. The van der Waals surface area contributed by atoms with Crippen LogP contribution in [0.25, 0.3) is 10.2 Å². The average molecular weight is 416 g/mol. The number of allylic oxidation sites excluding steroid dienone is 1. The van der Waals surface area contributed by atoms with Gasteiger partial charge in [-0.1, -0.05) is 17.8 Å². The first-order valence-corrected chi connectivity index (χ1v) is 10.9. The minimum atomic E-state index is -0.401. The standard InChI is InChI=1S/C20H21N3O3S2/c1-3-9-23-19(25)16-14-7-4-8-15(14)28-18(16)22-20(23)27-12(2)17(24)21-11-13-6-5-10-26-13/h3,5-6,10,12H,1,4,7-9,11H2,2H3,(H,21,24). The van der Waals surface area contributed by atoms with Crippen molar-refractivity contribution in [2.75, 3.05) is 0 Å². The van der Waals surface area contributed by atoms with Gasteiger partial charge in [-0.05, 0) is 43.9 Å². The monoisotopic (exact) mass is 415 g/mol. The van der Waals surface area contributed by atoms with Crippen LogP contribution in [0.3, 0.4) is 0 Å². The van der Waals surface area contributed by atoms with Crippen molar-refractivity contribution in [2.24, 2.45) is 0 Å². The molecule has 0 bridgehead atoms. The van der Waals surface area contributed by atoms with Gasteiger partial charge in [0.05, 0.1) is 23.4 Å². The van der Waals surface area contributed by atoms with Crippen LogP contribution in [0.4, 0.5) is 0 Å². The smallest absolute Gasteiger partial charge is 0.263 e. The zero-order valence-corrected chi connectivity index (χ0v) is 17.2. The molecule has 0 aromatic carbocycles. The van der Waals surface area contributed by atoms with Crippen LogP contribution >= 0.6 is 23.1 Å². The molecule has 146 valence electrons. The van der Waals surface area contributed by atoms with Crippen LogP contribution in [0.2, 0.25) is 0 Å². The molecule has 28 heavy (non-hydrogen) atoms. The van der Waals surface area contributed by atoms with Crippen molar-refractivity contribution in [2.45, 2.75) is 49.7 Å². The minimum Gasteiger partial charge on any atom is -0.467 e. The predicted molar refractivity (Wildman–Crippen MR) is 112 cm³/mol. The third-order valence-electron chi connectivity index (χ3n) is 4.77. The Bertz CT molecular complexity index is 1080. The van der Waals surface area contributed by atoms with Crippen LogP contribution < -0.4 is 10.9 Å². The lowest BCUT2D eigenvalue weighted by molar-refractivity contribution is -0.120. The van der Waals surface area contributed by atoms with E-state index in [-0.39, 0.29) is 11.5 Å². The number of hydrogen-bond acceptors (Lipinski definition) is 6. The number of furan rings is 1. The summed E-state index contributed by atoms with van der Waals surface area (Å²) in [6, 6.07) is 3.59. The average Bonchev–Trinajstić information content (AvgIpc) is 3.39. The first-order valence-electron chi connectivity index (χ1n) is 9.21. The number of rotatable bonds is 7. The molecule has 1 unspecified atom stereocenters. The second-order valence-electron chi connectivity index (χ2n) is 6.69. The summed E-state index contributed by atoms with van der Waals surface area (Å²) in [7, 11) is 0. The molecule has 0 radical (unpaired) electrons. The number of aromatic nitrogens is 2. The van der Waals surface area contributed by atoms with E-state index in [1.54, 1.807) is 34.3 Å². The number of carbonyl (C=O) groups is 1. The van der Waals surface area contributed by atoms with E-state index < -0.39 is 5.25 Å². The van der Waals surface area contributed by atoms with E-state index in [0.29, 0.717) is 24.0 Å². The molecular formula is C20H21N3O3S2. The van der Waals surface area contributed by atoms with E-state index >= 15 is 0 Å². The summed E-state index contributed by atoms with van der Waals surface area (Å²) in [5.41, 5.74) is 1.13. The Morgan fingerprint density at radius 2 is 2.39 bits per heavy atom. The summed E-state index contributed by atoms with van der Waals surface area (Å²) in [6.07, 6.45) is 6.32. The number of carbonyl (C=O) groups excluding carboxylic acids is 1. The Hall–Kier alpha value is -2.32. The van der Waals surface area contributed by atoms with E-state index in [0.717, 1.165) is 35.0 Å². The lowest BCUT2D eigenvalue weighted by Gasteiger charge is -2.14. The minimum absolute atomic E-state index is 0.0324. The van der Waals surface area contributed by atoms with Gasteiger partial charge in [0.2, 0.25) is 5.91 Å². The second-order valence-corrected chi connectivity index (χ2v) is 9.09. The highest BCUT2D eigenvalue weighted by atomic mass is 32.2. The van der Waals surface area contributed by atoms with Gasteiger partial charge < -0.3 is 9.73 Å². The summed E-state index contributed by atoms with van der Waals surface area (Å²) in [5, 5.41) is 3.76. The number of nitrogens with one attached hydrogen (secondary N) is 1. The molecule has 8 heteroatoms. The molecule has 0 saturated heterocycles. The van der Waals surface area contributed by atoms with E-state index in [2.05, 4.69) is 11.9 Å². The maximum Gasteiger partial charge on any atom is 0.263 e. The van der Waals surface area contributed by atoms with Crippen LogP contribution in [-0.2, 0) is 30.7 Å². The van der Waals surface area contributed by atoms with Gasteiger partial charge in [-0.2, -0.15) is 0 Å². The quantitative estimate of drug-likeness (QED) is 0.363. The van der Waals surface area contributed by atoms with Gasteiger partial charge in [-0.25, -0.2) is 4.98 Å². The van der Waals surface area contributed by atoms with E-state index in [4.69, 9.17) is 9.40 Å². The molecule has 1 aliphatic rings. The van der Waals surface area contributed by atoms with Crippen molar-refractivity contribution in [3.8, 4) is 0 Å². The Kier molecular flexibility index (Phi) is 5.41. The largest absolute Gasteiger partial charge is 0.467 e. The summed E-state index contributed by atoms with van der Waals surface area (Å²) in [6.45, 7) is 6.28. The fourth-order valence-corrected chi connectivity index (χ4v) is 5.63. The Balaban J connectivity index is 1.60. The summed E-state index contributed by atoms with van der Waals surface area (Å²) >= 11 is 2.90. The number of amides is 1. The molecule has 0 fully saturated rings. The fraction of sp³-hybridized carbons (Fsp3) is 0.350. The Morgan fingerprint density at radius 1 is 1.54 bits per heavy atom. The Morgan fingerprint density at radius 3 is 3.14 bits per heavy atom. The second kappa shape index (κ2) is 7.97. The SMILES string of the molecule is C=CCn1c(SC(C)C(=O)NCc2ccco2)nc2sc3c(c2c1=O)CCC3. The van der Waals surface area contributed by atoms with Crippen LogP contribution in [0.5, 0.6) is 0 Å². The zero-order chi connectivity index (χ0) is 19.7. The van der Waals surface area contributed by atoms with Crippen LogP contribution in [0.15, 0.2) is 45.4 Å². The lowest BCUT2D eigenvalue weighted by Crippen LogP contribution is -2.31. The summed E-state index contributed by atoms with van der Waals surface area (Å²) in [5.74, 6) is 0.566. The molecule has 0 saturated carbocycles. The molecular weight excluding hydrogens is 394 g/mol. The van der Waals surface area contributed by atoms with Gasteiger partial charge in [0.15, 0.2) is 5.16 Å². The van der Waals surface area contributed by atoms with Crippen molar-refractivity contribution in [1.82, 2.24) is 14.9 Å². The molecule has 3 aromatic rings. The highest BCUT2D eigenvalue weighted by Crippen LogP contribution is 2.36. The molecule has 1 amide bonds. The van der Waals surface area contributed by atoms with E-state index in [1.165, 1.54) is 16.6 Å². The fourth-order valence-electron chi connectivity index (χ4n) is 3.38. The number of fused-ring (bicyclic) bond motifs is 3. The predicted octanol–water partition coefficient (Wildman–Crippen LogP) is 3.52. The molecule has 0 spiro atoms. The summed E-state index contributed by atoms with van der Waals surface area (Å²) < 4.78 is 6.86. The number of thiophene rings is 1. The van der Waals surface area contributed by atoms with Crippen LogP contribution in [0, 0.1) is 0 Å². The van der Waals surface area contributed by atoms with Crippen molar-refractivity contribution in [3.05, 3.63) is 57.6 Å². The number of hydrogen-bond donors (Lipinski definition) is 1. The van der Waals surface area contributed by atoms with Gasteiger partial charge in [0, 0.05) is 11.4 Å². The molecule has 1 N–H and O–H groups in total. The maximum atomic E-state index is 13.1. The van der Waals surface area contributed by atoms with E-state index in [9.17, 15) is 9.59 Å². The first-order chi connectivity index (χ1) is 13.6. The number of aryl methyl sites for hydroxylation is 2. The van der Waals surface area contributed by atoms with Gasteiger partial charge in [0.1, 0.15) is 10.6 Å². The third-order valence-corrected chi connectivity index (χ3v) is 7.05. The third kappa shape index (κ3) is 3.54. The van der Waals surface area contributed by atoms with Crippen LogP contribution in [-0.4, -0.2) is 20.7 Å². The van der Waals surface area contributed by atoms with Crippen LogP contribution in [0.1, 0.15) is 29.5 Å². The van der Waals surface area contributed by atoms with Gasteiger partial charge in [-0.15, -0.1) is 17.9 Å². The molecule has 3 heterocycles. The van der Waals surface area contributed by atoms with Crippen molar-refractivity contribution >= 4 is 39.2 Å². The van der Waals surface area contributed by atoms with Gasteiger partial charge in [-0.3, -0.25) is 14.2 Å². The molecule has 3 aromatic heterocycles. The lowest BCUT2D eigenvalue weighted by atomic mass is 10.2. The van der Waals surface area contributed by atoms with E-state index in [1.807, 2.05) is 13.0 Å². The highest BCUT2D eigenvalue weighted by Gasteiger charge is 2.24. The topological polar surface area (TPSA) is 77.1 Å². The Labute approximate surface area is 170 Å². The number of thioether (sulfide) groups is 1. The molecule has 1 aliphatic carbocycles. The molecule has 4 rings (SSSR count). The van der Waals surface area contributed by atoms with Crippen molar-refractivity contribution in [1.29, 1.82) is 0 Å². The summed E-state index contributed by atoms with van der Waals surface area (Å²) in [4.78, 5) is 32.4. The molecule has 1 atom stereocenters. The molecule has 0 aliphatic heterocycles. The maximum absolute atomic E-state index is 13.1. The molecule has 6 nitrogen and oxygen atoms in total. The number of nitrogens with zero attached hydrogens (tertiary/aromatic N) is 2. The van der Waals surface area contributed by atoms with Gasteiger partial charge in [0.25, 0.3) is 5.56 Å². The van der Waals surface area contributed by atoms with Gasteiger partial charge >= 0.3 is 0 Å². The zero-order valence-electron chi connectivity index (χ0n) is 15.6. The normalized spacial score (nSPS) is 14.2. The van der Waals surface area contributed by atoms with Crippen molar-refractivity contribution in [3.63, 3.8) is 0 Å². The van der Waals surface area contributed by atoms with Crippen molar-refractivity contribution < 1.29 is 9.21 Å². The highest BCUT2D eigenvalue weighted by molar-refractivity contribution is 8.00.